The second-order valence-corrected chi connectivity index (χ2v) is 10.4. The molecule has 0 amide bonds. The van der Waals surface area contributed by atoms with Gasteiger partial charge >= 0.3 is 5.97 Å². The van der Waals surface area contributed by atoms with Crippen molar-refractivity contribution in [2.75, 3.05) is 19.9 Å². The number of ether oxygens (including phenoxy) is 3. The van der Waals surface area contributed by atoms with Crippen LogP contribution in [0.4, 0.5) is 0 Å². The third-order valence-electron chi connectivity index (χ3n) is 6.90. The largest absolute Gasteiger partial charge is 0.491 e. The summed E-state index contributed by atoms with van der Waals surface area (Å²) in [6.45, 7) is 5.06. The number of nitrogens with one attached hydrogen (secondary N) is 1. The molecule has 1 unspecified atom stereocenters. The summed E-state index contributed by atoms with van der Waals surface area (Å²) in [5.41, 5.74) is 1.23. The first-order chi connectivity index (χ1) is 18.2. The number of carboxylic acids is 1. The van der Waals surface area contributed by atoms with E-state index in [1.54, 1.807) is 12.2 Å². The van der Waals surface area contributed by atoms with Crippen LogP contribution in [0.15, 0.2) is 60.7 Å². The van der Waals surface area contributed by atoms with E-state index in [2.05, 4.69) is 25.2 Å². The number of carbonyl (C=O) groups is 1. The van der Waals surface area contributed by atoms with Crippen molar-refractivity contribution in [3.63, 3.8) is 0 Å². The molecule has 2 aliphatic rings. The van der Waals surface area contributed by atoms with Crippen LogP contribution >= 0.6 is 0 Å². The van der Waals surface area contributed by atoms with Crippen LogP contribution in [0.1, 0.15) is 44.2 Å². The monoisotopic (exact) mass is 518 g/mol. The van der Waals surface area contributed by atoms with Gasteiger partial charge in [0.25, 0.3) is 0 Å². The Morgan fingerprint density at radius 1 is 1.24 bits per heavy atom. The summed E-state index contributed by atoms with van der Waals surface area (Å²) < 4.78 is 16.7. The van der Waals surface area contributed by atoms with Gasteiger partial charge in [-0.1, -0.05) is 36.4 Å². The van der Waals surface area contributed by atoms with Gasteiger partial charge in [0.1, 0.15) is 18.5 Å². The molecule has 1 aliphatic heterocycles. The zero-order valence-electron chi connectivity index (χ0n) is 21.8. The average molecular weight is 519 g/mol. The van der Waals surface area contributed by atoms with Crippen molar-refractivity contribution in [1.82, 2.24) is 5.32 Å². The van der Waals surface area contributed by atoms with Crippen LogP contribution in [-0.2, 0) is 11.2 Å². The van der Waals surface area contributed by atoms with Crippen molar-refractivity contribution < 1.29 is 29.2 Å². The molecule has 1 heterocycles. The Morgan fingerprint density at radius 2 is 2.05 bits per heavy atom. The molecule has 38 heavy (non-hydrogen) atoms. The topological polar surface area (TPSA) is 121 Å². The van der Waals surface area contributed by atoms with E-state index in [1.165, 1.54) is 11.6 Å². The Hall–Kier alpha value is -3.80. The number of aliphatic carboxylic acids is 1. The Bertz CT molecular complexity index is 1260. The number of aliphatic hydroxyl groups is 1. The quantitative estimate of drug-likeness (QED) is 0.376. The molecule has 1 aliphatic carbocycles. The standard InChI is InChI=1S/C30H34N2O6/c1-29(2,12-4-5-21-8-9-26-27(15-21)38-20-37-26)32-17-24(33)18-36-25-7-3-6-23(16-25)22-10-13-30(19-31,14-11-22)28(34)35/h3,6-11,13,15-16,24,32-33H,4-5,12,14,17-18,20H2,1-2H3,(H,34,35)/t24-,30?/m1/s1. The van der Waals surface area contributed by atoms with Crippen LogP contribution in [0.3, 0.4) is 0 Å². The second-order valence-electron chi connectivity index (χ2n) is 10.4. The number of benzene rings is 2. The highest BCUT2D eigenvalue weighted by atomic mass is 16.7. The number of hydrogen-bond acceptors (Lipinski definition) is 7. The molecule has 4 rings (SSSR count). The zero-order valence-corrected chi connectivity index (χ0v) is 21.8. The van der Waals surface area contributed by atoms with E-state index in [1.807, 2.05) is 42.5 Å². The maximum absolute atomic E-state index is 11.5. The third kappa shape index (κ3) is 6.74. The number of aliphatic hydroxyl groups excluding tert-OH is 1. The molecule has 0 bridgehead atoms. The third-order valence-corrected chi connectivity index (χ3v) is 6.90. The van der Waals surface area contributed by atoms with Crippen LogP contribution in [0.2, 0.25) is 0 Å². The fourth-order valence-electron chi connectivity index (χ4n) is 4.47. The van der Waals surface area contributed by atoms with Gasteiger partial charge < -0.3 is 29.7 Å². The Morgan fingerprint density at radius 3 is 2.79 bits per heavy atom. The molecule has 2 atom stereocenters. The van der Waals surface area contributed by atoms with Crippen LogP contribution in [-0.4, -0.2) is 47.8 Å². The molecule has 0 spiro atoms. The summed E-state index contributed by atoms with van der Waals surface area (Å²) in [6.07, 6.45) is 7.13. The van der Waals surface area contributed by atoms with Gasteiger partial charge in [-0.3, -0.25) is 4.79 Å². The lowest BCUT2D eigenvalue weighted by molar-refractivity contribution is -0.143. The molecular weight excluding hydrogens is 484 g/mol. The van der Waals surface area contributed by atoms with Crippen LogP contribution in [0, 0.1) is 16.7 Å². The first kappa shape index (κ1) is 27.2. The van der Waals surface area contributed by atoms with Gasteiger partial charge in [-0.25, -0.2) is 0 Å². The maximum Gasteiger partial charge on any atom is 0.328 e. The lowest BCUT2D eigenvalue weighted by Gasteiger charge is -2.28. The summed E-state index contributed by atoms with van der Waals surface area (Å²) in [5.74, 6) is 1.05. The number of allylic oxidation sites excluding steroid dienone is 3. The number of rotatable bonds is 12. The summed E-state index contributed by atoms with van der Waals surface area (Å²) in [5, 5.41) is 32.6. The molecule has 0 fully saturated rings. The van der Waals surface area contributed by atoms with E-state index in [9.17, 15) is 20.3 Å². The van der Waals surface area contributed by atoms with E-state index in [0.29, 0.717) is 12.3 Å². The Balaban J connectivity index is 1.21. The smallest absolute Gasteiger partial charge is 0.328 e. The van der Waals surface area contributed by atoms with Crippen LogP contribution in [0.25, 0.3) is 5.57 Å². The minimum Gasteiger partial charge on any atom is -0.491 e. The van der Waals surface area contributed by atoms with E-state index >= 15 is 0 Å². The molecule has 8 nitrogen and oxygen atoms in total. The predicted molar refractivity (Wildman–Crippen MR) is 143 cm³/mol. The summed E-state index contributed by atoms with van der Waals surface area (Å²) in [7, 11) is 0. The number of aryl methyl sites for hydroxylation is 1. The average Bonchev–Trinajstić information content (AvgIpc) is 3.39. The number of hydrogen-bond donors (Lipinski definition) is 3. The van der Waals surface area contributed by atoms with Crippen molar-refractivity contribution in [3.05, 3.63) is 71.8 Å². The first-order valence-corrected chi connectivity index (χ1v) is 12.8. The molecule has 0 aromatic heterocycles. The van der Waals surface area contributed by atoms with Gasteiger partial charge in [0.05, 0.1) is 6.07 Å². The van der Waals surface area contributed by atoms with Gasteiger partial charge in [0.15, 0.2) is 16.9 Å². The van der Waals surface area contributed by atoms with Gasteiger partial charge in [-0.05, 0) is 80.5 Å². The molecule has 2 aromatic carbocycles. The van der Waals surface area contributed by atoms with Crippen molar-refractivity contribution in [3.8, 4) is 23.3 Å². The summed E-state index contributed by atoms with van der Waals surface area (Å²) in [4.78, 5) is 11.5. The number of carboxylic acid groups (broad SMARTS) is 1. The molecule has 2 aromatic rings. The highest BCUT2D eigenvalue weighted by Gasteiger charge is 2.36. The van der Waals surface area contributed by atoms with E-state index in [4.69, 9.17) is 14.2 Å². The maximum atomic E-state index is 11.5. The minimum absolute atomic E-state index is 0.104. The highest BCUT2D eigenvalue weighted by Crippen LogP contribution is 2.34. The molecular formula is C30H34N2O6. The molecule has 0 radical (unpaired) electrons. The SMILES string of the molecule is CC(C)(CCCc1ccc2c(c1)OCO2)NC[C@@H](O)COc1cccc(C2=CCC(C#N)(C(=O)O)C=C2)c1. The molecule has 0 saturated carbocycles. The normalized spacial score (nSPS) is 18.9. The molecule has 0 saturated heterocycles. The highest BCUT2D eigenvalue weighted by molar-refractivity contribution is 5.85. The van der Waals surface area contributed by atoms with E-state index in [-0.39, 0.29) is 25.4 Å². The number of β-amino-alcohol motifs (C(OH)–C–C–N with tert-alkyl or cyclic N) is 1. The minimum atomic E-state index is -1.52. The molecule has 200 valence electrons. The molecule has 3 N–H and O–H groups in total. The lowest BCUT2D eigenvalue weighted by Crippen LogP contribution is -2.44. The summed E-state index contributed by atoms with van der Waals surface area (Å²) in [6, 6.07) is 15.3. The summed E-state index contributed by atoms with van der Waals surface area (Å²) >= 11 is 0. The van der Waals surface area contributed by atoms with Gasteiger partial charge in [0, 0.05) is 12.1 Å². The van der Waals surface area contributed by atoms with Crippen molar-refractivity contribution >= 4 is 11.5 Å². The lowest BCUT2D eigenvalue weighted by atomic mass is 9.80. The van der Waals surface area contributed by atoms with Crippen LogP contribution < -0.4 is 19.5 Å². The fraction of sp³-hybridized carbons (Fsp3) is 0.400. The van der Waals surface area contributed by atoms with E-state index in [0.717, 1.165) is 41.9 Å². The van der Waals surface area contributed by atoms with Crippen molar-refractivity contribution in [2.45, 2.75) is 51.2 Å². The number of fused-ring (bicyclic) bond motifs is 1. The van der Waals surface area contributed by atoms with Gasteiger partial charge in [0.2, 0.25) is 6.79 Å². The fourth-order valence-corrected chi connectivity index (χ4v) is 4.47. The number of nitrogens with zero attached hydrogens (tertiary/aromatic N) is 1. The first-order valence-electron chi connectivity index (χ1n) is 12.8. The zero-order chi connectivity index (χ0) is 27.2. The second kappa shape index (κ2) is 11.7. The Kier molecular flexibility index (Phi) is 8.40. The van der Waals surface area contributed by atoms with Crippen LogP contribution in [0.5, 0.6) is 17.2 Å². The number of nitriles is 1. The van der Waals surface area contributed by atoms with Crippen molar-refractivity contribution in [2.24, 2.45) is 5.41 Å². The Labute approximate surface area is 223 Å². The van der Waals surface area contributed by atoms with Gasteiger partial charge in [-0.15, -0.1) is 0 Å². The predicted octanol–water partition coefficient (Wildman–Crippen LogP) is 4.48. The molecule has 8 heteroatoms. The van der Waals surface area contributed by atoms with Gasteiger partial charge in [-0.2, -0.15) is 5.26 Å². The van der Waals surface area contributed by atoms with Crippen molar-refractivity contribution in [1.29, 1.82) is 5.26 Å². The van der Waals surface area contributed by atoms with E-state index < -0.39 is 17.5 Å².